The SMILES string of the molecule is CCn1c(=NC(=O)c2ccc(S(=O)(=O)N(CC(C)C)CC(C)C)cc2)sc2cc(F)cc(F)c21. The normalized spacial score (nSPS) is 13.1. The summed E-state index contributed by atoms with van der Waals surface area (Å²) in [6, 6.07) is 7.66. The zero-order valence-corrected chi connectivity index (χ0v) is 21.5. The molecular weight excluding hydrogens is 480 g/mol. The minimum absolute atomic E-state index is 0.105. The predicted molar refractivity (Wildman–Crippen MR) is 130 cm³/mol. The van der Waals surface area contributed by atoms with E-state index in [9.17, 15) is 22.0 Å². The van der Waals surface area contributed by atoms with Crippen molar-refractivity contribution in [1.82, 2.24) is 8.87 Å². The van der Waals surface area contributed by atoms with Crippen molar-refractivity contribution in [2.75, 3.05) is 13.1 Å². The average molecular weight is 510 g/mol. The Hall–Kier alpha value is -2.43. The van der Waals surface area contributed by atoms with Crippen LogP contribution in [0.3, 0.4) is 0 Å². The van der Waals surface area contributed by atoms with Gasteiger partial charge in [0.15, 0.2) is 10.6 Å². The second kappa shape index (κ2) is 10.5. The third-order valence-electron chi connectivity index (χ3n) is 5.09. The average Bonchev–Trinajstić information content (AvgIpc) is 3.09. The molecule has 3 rings (SSSR count). The first kappa shape index (κ1) is 26.2. The van der Waals surface area contributed by atoms with Crippen molar-refractivity contribution in [2.24, 2.45) is 16.8 Å². The Morgan fingerprint density at radius 1 is 1.06 bits per heavy atom. The van der Waals surface area contributed by atoms with E-state index in [-0.39, 0.29) is 32.6 Å². The van der Waals surface area contributed by atoms with E-state index in [2.05, 4.69) is 4.99 Å². The van der Waals surface area contributed by atoms with Gasteiger partial charge in [0.2, 0.25) is 10.0 Å². The van der Waals surface area contributed by atoms with E-state index in [4.69, 9.17) is 0 Å². The fourth-order valence-electron chi connectivity index (χ4n) is 3.66. The molecule has 10 heteroatoms. The van der Waals surface area contributed by atoms with Crippen LogP contribution < -0.4 is 4.80 Å². The Morgan fingerprint density at radius 3 is 2.18 bits per heavy atom. The number of aryl methyl sites for hydroxylation is 1. The maximum absolute atomic E-state index is 14.3. The zero-order chi connectivity index (χ0) is 25.2. The number of carbonyl (C=O) groups excluding carboxylic acids is 1. The van der Waals surface area contributed by atoms with Crippen molar-refractivity contribution in [3.63, 3.8) is 0 Å². The molecular formula is C24H29F2N3O3S2. The van der Waals surface area contributed by atoms with Crippen LogP contribution in [0, 0.1) is 23.5 Å². The Morgan fingerprint density at radius 2 is 1.65 bits per heavy atom. The molecule has 0 fully saturated rings. The van der Waals surface area contributed by atoms with Gasteiger partial charge in [0.05, 0.1) is 15.1 Å². The second-order valence-corrected chi connectivity index (χ2v) is 11.9. The van der Waals surface area contributed by atoms with Gasteiger partial charge in [-0.25, -0.2) is 17.2 Å². The van der Waals surface area contributed by atoms with Gasteiger partial charge in [-0.2, -0.15) is 9.30 Å². The number of benzene rings is 2. The summed E-state index contributed by atoms with van der Waals surface area (Å²) in [6.45, 7) is 10.8. The number of nitrogens with zero attached hydrogens (tertiary/aromatic N) is 3. The molecule has 0 saturated carbocycles. The fourth-order valence-corrected chi connectivity index (χ4v) is 6.56. The Labute approximate surface area is 202 Å². The summed E-state index contributed by atoms with van der Waals surface area (Å²) in [6.07, 6.45) is 0. The van der Waals surface area contributed by atoms with Gasteiger partial charge in [0.1, 0.15) is 5.82 Å². The number of hydrogen-bond acceptors (Lipinski definition) is 4. The molecule has 0 aliphatic rings. The van der Waals surface area contributed by atoms with Gasteiger partial charge in [0, 0.05) is 31.3 Å². The van der Waals surface area contributed by atoms with Gasteiger partial charge in [-0.1, -0.05) is 39.0 Å². The van der Waals surface area contributed by atoms with Crippen LogP contribution >= 0.6 is 11.3 Å². The summed E-state index contributed by atoms with van der Waals surface area (Å²) >= 11 is 1.02. The quantitative estimate of drug-likeness (QED) is 0.427. The molecule has 0 unspecified atom stereocenters. The molecule has 184 valence electrons. The van der Waals surface area contributed by atoms with E-state index in [1.807, 2.05) is 27.7 Å². The van der Waals surface area contributed by atoms with Crippen LogP contribution in [-0.4, -0.2) is 36.3 Å². The van der Waals surface area contributed by atoms with Gasteiger partial charge in [-0.15, -0.1) is 0 Å². The van der Waals surface area contributed by atoms with E-state index in [0.29, 0.717) is 24.3 Å². The number of sulfonamides is 1. The van der Waals surface area contributed by atoms with Crippen LogP contribution in [0.1, 0.15) is 45.0 Å². The topological polar surface area (TPSA) is 71.7 Å². The number of halogens is 2. The van der Waals surface area contributed by atoms with Gasteiger partial charge in [-0.05, 0) is 49.1 Å². The Balaban J connectivity index is 1.95. The number of fused-ring (bicyclic) bond motifs is 1. The summed E-state index contributed by atoms with van der Waals surface area (Å²) in [4.78, 5) is 17.2. The number of thiazole rings is 1. The van der Waals surface area contributed by atoms with Gasteiger partial charge >= 0.3 is 0 Å². The maximum Gasteiger partial charge on any atom is 0.279 e. The largest absolute Gasteiger partial charge is 0.314 e. The summed E-state index contributed by atoms with van der Waals surface area (Å²) in [5, 5.41) is 0. The molecule has 6 nitrogen and oxygen atoms in total. The monoisotopic (exact) mass is 509 g/mol. The molecule has 2 aromatic carbocycles. The maximum atomic E-state index is 14.3. The number of hydrogen-bond donors (Lipinski definition) is 0. The lowest BCUT2D eigenvalue weighted by Crippen LogP contribution is -2.37. The highest BCUT2D eigenvalue weighted by Crippen LogP contribution is 2.23. The van der Waals surface area contributed by atoms with E-state index in [1.165, 1.54) is 39.2 Å². The van der Waals surface area contributed by atoms with Gasteiger partial charge in [0.25, 0.3) is 5.91 Å². The number of carbonyl (C=O) groups is 1. The zero-order valence-electron chi connectivity index (χ0n) is 19.9. The molecule has 0 atom stereocenters. The smallest absolute Gasteiger partial charge is 0.279 e. The molecule has 1 amide bonds. The molecule has 0 aliphatic carbocycles. The number of amides is 1. The van der Waals surface area contributed by atoms with Crippen molar-refractivity contribution >= 4 is 37.5 Å². The number of rotatable bonds is 8. The van der Waals surface area contributed by atoms with Crippen LogP contribution in [0.25, 0.3) is 10.2 Å². The van der Waals surface area contributed by atoms with Crippen LogP contribution in [0.5, 0.6) is 0 Å². The summed E-state index contributed by atoms with van der Waals surface area (Å²) < 4.78 is 57.6. The van der Waals surface area contributed by atoms with Crippen molar-refractivity contribution in [3.8, 4) is 0 Å². The van der Waals surface area contributed by atoms with E-state index >= 15 is 0 Å². The van der Waals surface area contributed by atoms with E-state index in [1.54, 1.807) is 6.92 Å². The highest BCUT2D eigenvalue weighted by Gasteiger charge is 2.26. The third kappa shape index (κ3) is 5.61. The van der Waals surface area contributed by atoms with Crippen LogP contribution in [-0.2, 0) is 16.6 Å². The Kier molecular flexibility index (Phi) is 8.05. The van der Waals surface area contributed by atoms with E-state index in [0.717, 1.165) is 17.4 Å². The summed E-state index contributed by atoms with van der Waals surface area (Å²) in [5.41, 5.74) is 0.391. The molecule has 0 N–H and O–H groups in total. The van der Waals surface area contributed by atoms with Gasteiger partial charge < -0.3 is 4.57 Å². The minimum Gasteiger partial charge on any atom is -0.314 e. The standard InChI is InChI=1S/C24H29F2N3O3S2/c1-6-29-22-20(26)11-18(25)12-21(22)33-24(29)27-23(30)17-7-9-19(10-8-17)34(31,32)28(13-15(2)3)14-16(4)5/h7-12,15-16H,6,13-14H2,1-5H3. The molecule has 0 radical (unpaired) electrons. The van der Waals surface area contributed by atoms with Crippen molar-refractivity contribution in [2.45, 2.75) is 46.1 Å². The molecule has 1 aromatic heterocycles. The van der Waals surface area contributed by atoms with Crippen LogP contribution in [0.2, 0.25) is 0 Å². The first-order chi connectivity index (χ1) is 15.9. The highest BCUT2D eigenvalue weighted by atomic mass is 32.2. The third-order valence-corrected chi connectivity index (χ3v) is 7.96. The lowest BCUT2D eigenvalue weighted by atomic mass is 10.2. The van der Waals surface area contributed by atoms with Crippen molar-refractivity contribution in [1.29, 1.82) is 0 Å². The summed E-state index contributed by atoms with van der Waals surface area (Å²) in [7, 11) is -3.72. The Bertz CT molecular complexity index is 1350. The minimum atomic E-state index is -3.72. The molecule has 1 heterocycles. The molecule has 0 bridgehead atoms. The highest BCUT2D eigenvalue weighted by molar-refractivity contribution is 7.89. The van der Waals surface area contributed by atoms with E-state index < -0.39 is 27.6 Å². The van der Waals surface area contributed by atoms with Crippen LogP contribution in [0.15, 0.2) is 46.3 Å². The fraction of sp³-hybridized carbons (Fsp3) is 0.417. The predicted octanol–water partition coefficient (Wildman–Crippen LogP) is 5.04. The molecule has 3 aromatic rings. The molecule has 0 aliphatic heterocycles. The first-order valence-electron chi connectivity index (χ1n) is 11.1. The van der Waals surface area contributed by atoms with Gasteiger partial charge in [-0.3, -0.25) is 4.79 Å². The molecule has 34 heavy (non-hydrogen) atoms. The second-order valence-electron chi connectivity index (χ2n) is 8.91. The first-order valence-corrected chi connectivity index (χ1v) is 13.4. The summed E-state index contributed by atoms with van der Waals surface area (Å²) in [5.74, 6) is -1.69. The molecule has 0 spiro atoms. The number of aromatic nitrogens is 1. The van der Waals surface area contributed by atoms with Crippen molar-refractivity contribution in [3.05, 3.63) is 58.4 Å². The lowest BCUT2D eigenvalue weighted by molar-refractivity contribution is 0.0997. The lowest BCUT2D eigenvalue weighted by Gasteiger charge is -2.25. The van der Waals surface area contributed by atoms with Crippen LogP contribution in [0.4, 0.5) is 8.78 Å². The molecule has 0 saturated heterocycles. The van der Waals surface area contributed by atoms with Crippen molar-refractivity contribution < 1.29 is 22.0 Å².